The normalized spacial score (nSPS) is 11.5. The molecule has 7 heteroatoms. The highest BCUT2D eigenvalue weighted by molar-refractivity contribution is 7.16. The molecule has 2 aromatic heterocycles. The molecule has 162 valence electrons. The molecule has 0 aliphatic rings. The molecule has 1 N–H and O–H groups in total. The van der Waals surface area contributed by atoms with E-state index in [1.54, 1.807) is 18.4 Å². The van der Waals surface area contributed by atoms with Crippen LogP contribution in [0.5, 0.6) is 5.75 Å². The van der Waals surface area contributed by atoms with Crippen LogP contribution in [0.2, 0.25) is 5.02 Å². The maximum absolute atomic E-state index is 6.53. The number of anilines is 2. The molecular formula is C24H27ClN4OS. The van der Waals surface area contributed by atoms with Crippen LogP contribution in [0, 0.1) is 6.92 Å². The second kappa shape index (κ2) is 8.89. The fourth-order valence-corrected chi connectivity index (χ4v) is 4.98. The van der Waals surface area contributed by atoms with Gasteiger partial charge in [0.2, 0.25) is 0 Å². The van der Waals surface area contributed by atoms with E-state index >= 15 is 0 Å². The third-order valence-electron chi connectivity index (χ3n) is 5.35. The summed E-state index contributed by atoms with van der Waals surface area (Å²) in [5, 5.41) is 10.5. The van der Waals surface area contributed by atoms with Gasteiger partial charge in [-0.3, -0.25) is 5.10 Å². The number of nitrogens with zero attached hydrogens (tertiary/aromatic N) is 3. The first-order chi connectivity index (χ1) is 14.9. The summed E-state index contributed by atoms with van der Waals surface area (Å²) in [7, 11) is 1.64. The predicted octanol–water partition coefficient (Wildman–Crippen LogP) is 7.33. The van der Waals surface area contributed by atoms with E-state index in [0.717, 1.165) is 51.2 Å². The lowest BCUT2D eigenvalue weighted by atomic mass is 10.1. The zero-order valence-electron chi connectivity index (χ0n) is 18.5. The molecule has 0 unspecified atom stereocenters. The van der Waals surface area contributed by atoms with Gasteiger partial charge in [0.15, 0.2) is 5.13 Å². The Kier molecular flexibility index (Phi) is 6.21. The largest absolute Gasteiger partial charge is 0.497 e. The molecule has 31 heavy (non-hydrogen) atoms. The highest BCUT2D eigenvalue weighted by atomic mass is 35.5. The molecule has 4 rings (SSSR count). The second-order valence-electron chi connectivity index (χ2n) is 7.89. The summed E-state index contributed by atoms with van der Waals surface area (Å²) in [6, 6.07) is 12.2. The Bertz CT molecular complexity index is 1210. The molecule has 2 heterocycles. The molecular weight excluding hydrogens is 428 g/mol. The number of nitrogens with one attached hydrogen (secondary N) is 1. The molecule has 0 spiro atoms. The van der Waals surface area contributed by atoms with Crippen molar-refractivity contribution < 1.29 is 4.74 Å². The van der Waals surface area contributed by atoms with Crippen molar-refractivity contribution in [3.63, 3.8) is 0 Å². The van der Waals surface area contributed by atoms with Gasteiger partial charge in [-0.2, -0.15) is 5.10 Å². The SMILES string of the molecule is CCCN(c1ccc2c(C(C)C)[nH]nc2c1)c1nc(-c2ccc(OC)cc2Cl)c(C)s1. The maximum atomic E-state index is 6.53. The van der Waals surface area contributed by atoms with Crippen molar-refractivity contribution >= 4 is 44.7 Å². The molecule has 0 bridgehead atoms. The number of H-pyrrole nitrogens is 1. The van der Waals surface area contributed by atoms with Crippen LogP contribution < -0.4 is 9.64 Å². The van der Waals surface area contributed by atoms with Gasteiger partial charge in [-0.25, -0.2) is 4.98 Å². The van der Waals surface area contributed by atoms with Gasteiger partial charge in [-0.05, 0) is 55.7 Å². The lowest BCUT2D eigenvalue weighted by Crippen LogP contribution is -2.17. The first-order valence-corrected chi connectivity index (χ1v) is 11.7. The van der Waals surface area contributed by atoms with Gasteiger partial charge < -0.3 is 9.64 Å². The Balaban J connectivity index is 1.74. The topological polar surface area (TPSA) is 54.0 Å². The van der Waals surface area contributed by atoms with E-state index in [2.05, 4.69) is 61.0 Å². The number of thiazole rings is 1. The Morgan fingerprint density at radius 3 is 2.68 bits per heavy atom. The summed E-state index contributed by atoms with van der Waals surface area (Å²) in [5.41, 5.74) is 5.08. The van der Waals surface area contributed by atoms with Crippen molar-refractivity contribution in [1.29, 1.82) is 0 Å². The first-order valence-electron chi connectivity index (χ1n) is 10.5. The molecule has 0 amide bonds. The van der Waals surface area contributed by atoms with Crippen molar-refractivity contribution in [2.45, 2.75) is 40.0 Å². The minimum Gasteiger partial charge on any atom is -0.497 e. The number of rotatable bonds is 7. The van der Waals surface area contributed by atoms with Gasteiger partial charge >= 0.3 is 0 Å². The Labute approximate surface area is 192 Å². The minimum atomic E-state index is 0.404. The van der Waals surface area contributed by atoms with Crippen molar-refractivity contribution in [2.75, 3.05) is 18.6 Å². The van der Waals surface area contributed by atoms with Gasteiger partial charge in [-0.1, -0.05) is 32.4 Å². The molecule has 0 fully saturated rings. The van der Waals surface area contributed by atoms with Gasteiger partial charge in [0.1, 0.15) is 5.75 Å². The summed E-state index contributed by atoms with van der Waals surface area (Å²) in [6.07, 6.45) is 1.01. The van der Waals surface area contributed by atoms with E-state index < -0.39 is 0 Å². The lowest BCUT2D eigenvalue weighted by molar-refractivity contribution is 0.415. The standard InChI is InChI=1S/C24H27ClN4OS/c1-6-11-29(16-7-9-19-21(12-16)27-28-22(19)14(2)3)24-26-23(15(4)31-24)18-10-8-17(30-5)13-20(18)25/h7-10,12-14H,6,11H2,1-5H3,(H,27,28). The van der Waals surface area contributed by atoms with Crippen LogP contribution in [-0.2, 0) is 0 Å². The van der Waals surface area contributed by atoms with Crippen LogP contribution in [-0.4, -0.2) is 28.8 Å². The van der Waals surface area contributed by atoms with Crippen LogP contribution in [0.25, 0.3) is 22.2 Å². The number of benzene rings is 2. The number of methoxy groups -OCH3 is 1. The summed E-state index contributed by atoms with van der Waals surface area (Å²) < 4.78 is 5.28. The predicted molar refractivity (Wildman–Crippen MR) is 131 cm³/mol. The van der Waals surface area contributed by atoms with Crippen molar-refractivity contribution in [1.82, 2.24) is 15.2 Å². The smallest absolute Gasteiger partial charge is 0.190 e. The fraction of sp³-hybridized carbons (Fsp3) is 0.333. The molecule has 0 saturated heterocycles. The van der Waals surface area contributed by atoms with Gasteiger partial charge in [0.25, 0.3) is 0 Å². The van der Waals surface area contributed by atoms with E-state index in [4.69, 9.17) is 21.3 Å². The Morgan fingerprint density at radius 2 is 2.00 bits per heavy atom. The highest BCUT2D eigenvalue weighted by Gasteiger charge is 2.19. The molecule has 0 atom stereocenters. The number of ether oxygens (including phenoxy) is 1. The molecule has 5 nitrogen and oxygen atoms in total. The number of aromatic amines is 1. The van der Waals surface area contributed by atoms with E-state index in [-0.39, 0.29) is 0 Å². The maximum Gasteiger partial charge on any atom is 0.190 e. The van der Waals surface area contributed by atoms with E-state index in [0.29, 0.717) is 10.9 Å². The Hall–Kier alpha value is -2.57. The third-order valence-corrected chi connectivity index (χ3v) is 6.66. The van der Waals surface area contributed by atoms with Crippen LogP contribution in [0.4, 0.5) is 10.8 Å². The molecule has 2 aromatic carbocycles. The number of hydrogen-bond donors (Lipinski definition) is 1. The molecule has 4 aromatic rings. The van der Waals surface area contributed by atoms with Crippen LogP contribution >= 0.6 is 22.9 Å². The summed E-state index contributed by atoms with van der Waals surface area (Å²) in [5.74, 6) is 1.14. The lowest BCUT2D eigenvalue weighted by Gasteiger charge is -2.21. The molecule has 0 radical (unpaired) electrons. The Morgan fingerprint density at radius 1 is 1.19 bits per heavy atom. The van der Waals surface area contributed by atoms with Crippen molar-refractivity contribution in [2.24, 2.45) is 0 Å². The number of aryl methyl sites for hydroxylation is 1. The monoisotopic (exact) mass is 454 g/mol. The van der Waals surface area contributed by atoms with Gasteiger partial charge in [0.05, 0.1) is 23.3 Å². The van der Waals surface area contributed by atoms with Crippen molar-refractivity contribution in [3.05, 3.63) is 52.0 Å². The van der Waals surface area contributed by atoms with Gasteiger partial charge in [-0.15, -0.1) is 11.3 Å². The van der Waals surface area contributed by atoms with Crippen LogP contribution in [0.15, 0.2) is 36.4 Å². The molecule has 0 aliphatic carbocycles. The van der Waals surface area contributed by atoms with Gasteiger partial charge in [0, 0.05) is 33.8 Å². The fourth-order valence-electron chi connectivity index (χ4n) is 3.75. The summed E-state index contributed by atoms with van der Waals surface area (Å²) >= 11 is 8.22. The summed E-state index contributed by atoms with van der Waals surface area (Å²) in [4.78, 5) is 8.39. The number of fused-ring (bicyclic) bond motifs is 1. The quantitative estimate of drug-likeness (QED) is 0.317. The average Bonchev–Trinajstić information content (AvgIpc) is 3.35. The number of halogens is 1. The third kappa shape index (κ3) is 4.14. The zero-order valence-corrected chi connectivity index (χ0v) is 20.1. The van der Waals surface area contributed by atoms with E-state index in [1.807, 2.05) is 18.2 Å². The van der Waals surface area contributed by atoms with E-state index in [1.165, 1.54) is 11.1 Å². The van der Waals surface area contributed by atoms with Crippen molar-refractivity contribution in [3.8, 4) is 17.0 Å². The molecule has 0 saturated carbocycles. The van der Waals surface area contributed by atoms with Crippen LogP contribution in [0.3, 0.4) is 0 Å². The number of hydrogen-bond acceptors (Lipinski definition) is 5. The second-order valence-corrected chi connectivity index (χ2v) is 9.48. The molecule has 0 aliphatic heterocycles. The van der Waals surface area contributed by atoms with Crippen LogP contribution in [0.1, 0.15) is 43.7 Å². The number of aromatic nitrogens is 3. The zero-order chi connectivity index (χ0) is 22.1. The summed E-state index contributed by atoms with van der Waals surface area (Å²) in [6.45, 7) is 9.49. The average molecular weight is 455 g/mol. The highest BCUT2D eigenvalue weighted by Crippen LogP contribution is 2.40. The van der Waals surface area contributed by atoms with E-state index in [9.17, 15) is 0 Å². The minimum absolute atomic E-state index is 0.404. The first kappa shape index (κ1) is 21.7.